The number of thiocarbonyl (C=S) groups is 1. The topological polar surface area (TPSA) is 97.6 Å². The molecule has 152 valence electrons. The molecule has 4 rings (SSSR count). The van der Waals surface area contributed by atoms with Gasteiger partial charge in [-0.25, -0.2) is 4.63 Å². The molecule has 30 heavy (non-hydrogen) atoms. The van der Waals surface area contributed by atoms with Crippen molar-refractivity contribution in [1.82, 2.24) is 15.2 Å². The molecule has 10 heteroatoms. The van der Waals surface area contributed by atoms with Crippen LogP contribution in [0.5, 0.6) is 5.75 Å². The second kappa shape index (κ2) is 8.64. The molecular formula is C20H16N4O4S2. The Morgan fingerprint density at radius 2 is 2.10 bits per heavy atom. The van der Waals surface area contributed by atoms with E-state index in [-0.39, 0.29) is 24.8 Å². The van der Waals surface area contributed by atoms with E-state index in [0.29, 0.717) is 31.7 Å². The highest BCUT2D eigenvalue weighted by Gasteiger charge is 2.32. The minimum absolute atomic E-state index is 0.0794. The SMILES string of the molecule is COc1ccccc1/C=C1\SC(=S)N(CCC(=O)Nc2cccc3nonc23)C1=O. The van der Waals surface area contributed by atoms with Gasteiger partial charge in [-0.2, -0.15) is 0 Å². The van der Waals surface area contributed by atoms with Crippen LogP contribution in [0, 0.1) is 0 Å². The van der Waals surface area contributed by atoms with Crippen molar-refractivity contribution in [2.45, 2.75) is 6.42 Å². The van der Waals surface area contributed by atoms with Crippen molar-refractivity contribution in [3.63, 3.8) is 0 Å². The maximum atomic E-state index is 12.8. The fraction of sp³-hybridized carbons (Fsp3) is 0.150. The van der Waals surface area contributed by atoms with E-state index in [1.807, 2.05) is 24.3 Å². The van der Waals surface area contributed by atoms with Gasteiger partial charge in [-0.1, -0.05) is 48.2 Å². The summed E-state index contributed by atoms with van der Waals surface area (Å²) in [5.41, 5.74) is 2.30. The number of hydrogen-bond donors (Lipinski definition) is 1. The Bertz CT molecular complexity index is 1170. The summed E-state index contributed by atoms with van der Waals surface area (Å²) < 4.78 is 10.4. The zero-order chi connectivity index (χ0) is 21.1. The van der Waals surface area contributed by atoms with Crippen LogP contribution in [0.3, 0.4) is 0 Å². The number of amides is 2. The van der Waals surface area contributed by atoms with Gasteiger partial charge in [-0.15, -0.1) is 0 Å². The van der Waals surface area contributed by atoms with Gasteiger partial charge in [0.15, 0.2) is 5.52 Å². The number of para-hydroxylation sites is 1. The third kappa shape index (κ3) is 4.05. The number of anilines is 1. The molecule has 1 aromatic heterocycles. The predicted octanol–water partition coefficient (Wildman–Crippen LogP) is 3.46. The number of ether oxygens (including phenoxy) is 1. The van der Waals surface area contributed by atoms with E-state index in [4.69, 9.17) is 21.6 Å². The van der Waals surface area contributed by atoms with Gasteiger partial charge in [0, 0.05) is 18.5 Å². The van der Waals surface area contributed by atoms with Crippen molar-refractivity contribution in [3.8, 4) is 5.75 Å². The second-order valence-electron chi connectivity index (χ2n) is 6.31. The largest absolute Gasteiger partial charge is 0.496 e. The lowest BCUT2D eigenvalue weighted by molar-refractivity contribution is -0.122. The molecule has 8 nitrogen and oxygen atoms in total. The molecular weight excluding hydrogens is 424 g/mol. The highest BCUT2D eigenvalue weighted by molar-refractivity contribution is 8.26. The molecule has 3 aromatic rings. The normalized spacial score (nSPS) is 15.2. The highest BCUT2D eigenvalue weighted by Crippen LogP contribution is 2.34. The molecule has 1 N–H and O–H groups in total. The summed E-state index contributed by atoms with van der Waals surface area (Å²) in [4.78, 5) is 27.1. The van der Waals surface area contributed by atoms with Crippen molar-refractivity contribution in [2.24, 2.45) is 0 Å². The lowest BCUT2D eigenvalue weighted by atomic mass is 10.2. The standard InChI is InChI=1S/C20H16N4O4S2/c1-27-15-8-3-2-5-12(15)11-16-19(26)24(20(29)30-16)10-9-17(25)21-13-6-4-7-14-18(13)23-28-22-14/h2-8,11H,9-10H2,1H3,(H,21,25)/b16-11-. The van der Waals surface area contributed by atoms with E-state index in [0.717, 1.165) is 5.56 Å². The van der Waals surface area contributed by atoms with Crippen molar-refractivity contribution in [3.05, 3.63) is 52.9 Å². The first-order valence-electron chi connectivity index (χ1n) is 8.96. The van der Waals surface area contributed by atoms with Crippen LogP contribution in [0.2, 0.25) is 0 Å². The number of rotatable bonds is 6. The van der Waals surface area contributed by atoms with Crippen LogP contribution >= 0.6 is 24.0 Å². The number of hydrogen-bond acceptors (Lipinski definition) is 8. The fourth-order valence-corrected chi connectivity index (χ4v) is 4.25. The van der Waals surface area contributed by atoms with Gasteiger partial charge < -0.3 is 10.1 Å². The van der Waals surface area contributed by atoms with E-state index < -0.39 is 0 Å². The number of nitrogens with zero attached hydrogens (tertiary/aromatic N) is 3. The molecule has 0 radical (unpaired) electrons. The third-order valence-corrected chi connectivity index (χ3v) is 5.80. The van der Waals surface area contributed by atoms with Crippen molar-refractivity contribution in [1.29, 1.82) is 0 Å². The first-order chi connectivity index (χ1) is 14.6. The molecule has 0 aliphatic carbocycles. The average Bonchev–Trinajstić information content (AvgIpc) is 3.32. The lowest BCUT2D eigenvalue weighted by Crippen LogP contribution is -2.31. The first kappa shape index (κ1) is 20.0. The summed E-state index contributed by atoms with van der Waals surface area (Å²) in [6, 6.07) is 12.6. The summed E-state index contributed by atoms with van der Waals surface area (Å²) in [7, 11) is 1.58. The molecule has 0 unspecified atom stereocenters. The Balaban J connectivity index is 1.42. The van der Waals surface area contributed by atoms with Crippen molar-refractivity contribution in [2.75, 3.05) is 19.0 Å². The first-order valence-corrected chi connectivity index (χ1v) is 10.2. The smallest absolute Gasteiger partial charge is 0.266 e. The van der Waals surface area contributed by atoms with Crippen molar-refractivity contribution < 1.29 is 19.0 Å². The summed E-state index contributed by atoms with van der Waals surface area (Å²) in [6.07, 6.45) is 1.83. The quantitative estimate of drug-likeness (QED) is 0.460. The number of carbonyl (C=O) groups is 2. The lowest BCUT2D eigenvalue weighted by Gasteiger charge is -2.14. The molecule has 1 aliphatic rings. The maximum absolute atomic E-state index is 12.8. The van der Waals surface area contributed by atoms with Gasteiger partial charge >= 0.3 is 0 Å². The Morgan fingerprint density at radius 1 is 1.27 bits per heavy atom. The number of aromatic nitrogens is 2. The summed E-state index contributed by atoms with van der Waals surface area (Å²) in [5, 5.41) is 10.3. The summed E-state index contributed by atoms with van der Waals surface area (Å²) in [5.74, 6) is 0.165. The Labute approximate surface area is 181 Å². The van der Waals surface area contributed by atoms with Gasteiger partial charge in [-0.05, 0) is 34.6 Å². The van der Waals surface area contributed by atoms with Gasteiger partial charge in [0.1, 0.15) is 15.6 Å². The Hall–Kier alpha value is -3.24. The van der Waals surface area contributed by atoms with Gasteiger partial charge in [0.25, 0.3) is 5.91 Å². The maximum Gasteiger partial charge on any atom is 0.266 e. The van der Waals surface area contributed by atoms with E-state index in [1.165, 1.54) is 16.7 Å². The number of thioether (sulfide) groups is 1. The van der Waals surface area contributed by atoms with Crippen LogP contribution in [-0.4, -0.2) is 45.0 Å². The summed E-state index contributed by atoms with van der Waals surface area (Å²) >= 11 is 6.54. The molecule has 2 aromatic carbocycles. The Morgan fingerprint density at radius 3 is 2.93 bits per heavy atom. The van der Waals surface area contributed by atoms with Crippen LogP contribution in [0.1, 0.15) is 12.0 Å². The average molecular weight is 441 g/mol. The number of benzene rings is 2. The zero-order valence-electron chi connectivity index (χ0n) is 15.8. The molecule has 1 aliphatic heterocycles. The molecule has 0 bridgehead atoms. The number of methoxy groups -OCH3 is 1. The molecule has 2 amide bonds. The second-order valence-corrected chi connectivity index (χ2v) is 7.99. The fourth-order valence-electron chi connectivity index (χ4n) is 2.95. The third-order valence-electron chi connectivity index (χ3n) is 4.42. The van der Waals surface area contributed by atoms with Gasteiger partial charge in [-0.3, -0.25) is 14.5 Å². The molecule has 1 fully saturated rings. The molecule has 0 atom stereocenters. The van der Waals surface area contributed by atoms with Gasteiger partial charge in [0.2, 0.25) is 5.91 Å². The van der Waals surface area contributed by atoms with Gasteiger partial charge in [0.05, 0.1) is 17.7 Å². The molecule has 0 saturated carbocycles. The van der Waals surface area contributed by atoms with Crippen molar-refractivity contribution >= 4 is 62.9 Å². The summed E-state index contributed by atoms with van der Waals surface area (Å²) in [6.45, 7) is 0.173. The van der Waals surface area contributed by atoms with Crippen LogP contribution in [0.15, 0.2) is 52.0 Å². The Kier molecular flexibility index (Phi) is 5.77. The van der Waals surface area contributed by atoms with E-state index in [1.54, 1.807) is 31.4 Å². The van der Waals surface area contributed by atoms with E-state index in [2.05, 4.69) is 15.6 Å². The molecule has 0 spiro atoms. The minimum atomic E-state index is -0.270. The monoisotopic (exact) mass is 440 g/mol. The minimum Gasteiger partial charge on any atom is -0.496 e. The molecule has 1 saturated heterocycles. The van der Waals surface area contributed by atoms with E-state index >= 15 is 0 Å². The van der Waals surface area contributed by atoms with E-state index in [9.17, 15) is 9.59 Å². The number of carbonyl (C=O) groups excluding carboxylic acids is 2. The molecule has 2 heterocycles. The van der Waals surface area contributed by atoms with Crippen LogP contribution in [0.4, 0.5) is 5.69 Å². The highest BCUT2D eigenvalue weighted by atomic mass is 32.2. The van der Waals surface area contributed by atoms with Crippen LogP contribution < -0.4 is 10.1 Å². The zero-order valence-corrected chi connectivity index (χ0v) is 17.5. The predicted molar refractivity (Wildman–Crippen MR) is 118 cm³/mol. The van der Waals surface area contributed by atoms with Crippen LogP contribution in [-0.2, 0) is 9.59 Å². The number of nitrogens with one attached hydrogen (secondary N) is 1. The van der Waals surface area contributed by atoms with Crippen LogP contribution in [0.25, 0.3) is 17.1 Å². The number of fused-ring (bicyclic) bond motifs is 1.